The molecule has 17 heavy (non-hydrogen) atoms. The van der Waals surface area contributed by atoms with Crippen LogP contribution in [-0.4, -0.2) is 17.1 Å². The Kier molecular flexibility index (Phi) is 4.28. The van der Waals surface area contributed by atoms with Crippen LogP contribution in [0.15, 0.2) is 30.3 Å². The van der Waals surface area contributed by atoms with Crippen molar-refractivity contribution >= 4 is 18.1 Å². The number of rotatable bonds is 4. The first-order chi connectivity index (χ1) is 7.99. The largest absolute Gasteiger partial charge is 0.478 e. The molecule has 5 heteroatoms. The summed E-state index contributed by atoms with van der Waals surface area (Å²) in [6.45, 7) is 1.81. The lowest BCUT2D eigenvalue weighted by molar-refractivity contribution is -0.131. The second kappa shape index (κ2) is 5.69. The fraction of sp³-hybridized carbons (Fsp3) is 0.167. The maximum absolute atomic E-state index is 10.7. The van der Waals surface area contributed by atoms with Gasteiger partial charge in [0.15, 0.2) is 0 Å². The molecule has 0 radical (unpaired) electrons. The molecule has 0 aromatic heterocycles. The zero-order valence-corrected chi connectivity index (χ0v) is 9.38. The molecule has 0 aliphatic rings. The molecule has 0 spiro atoms. The molecule has 0 fully saturated rings. The second-order valence-electron chi connectivity index (χ2n) is 3.57. The molecule has 1 atom stereocenters. The van der Waals surface area contributed by atoms with E-state index in [-0.39, 0.29) is 6.04 Å². The highest BCUT2D eigenvalue weighted by Crippen LogP contribution is 2.13. The quantitative estimate of drug-likeness (QED) is 0.689. The van der Waals surface area contributed by atoms with Gasteiger partial charge in [0.2, 0.25) is 0 Å². The number of nitrogens with one attached hydrogen (secondary N) is 1. The molecule has 1 unspecified atom stereocenters. The van der Waals surface area contributed by atoms with E-state index in [4.69, 9.17) is 10.8 Å². The van der Waals surface area contributed by atoms with E-state index in [1.165, 1.54) is 6.08 Å². The number of carboxylic acids is 1. The Morgan fingerprint density at radius 3 is 2.41 bits per heavy atom. The number of aliphatic carboxylic acids is 1. The number of hydrogen-bond donors (Lipinski definition) is 3. The number of urea groups is 1. The van der Waals surface area contributed by atoms with E-state index < -0.39 is 12.0 Å². The Bertz CT molecular complexity index is 438. The van der Waals surface area contributed by atoms with Gasteiger partial charge in [-0.3, -0.25) is 0 Å². The topological polar surface area (TPSA) is 92.4 Å². The molecule has 0 heterocycles. The standard InChI is InChI=1S/C12H14N2O3/c1-8(14-12(13)17)10-5-2-9(3-6-10)4-7-11(15)16/h2-8H,1H3,(H,15,16)(H3,13,14,17)/b7-4+. The summed E-state index contributed by atoms with van der Waals surface area (Å²) in [5.74, 6) is -0.988. The number of carbonyl (C=O) groups is 2. The monoisotopic (exact) mass is 234 g/mol. The van der Waals surface area contributed by atoms with E-state index in [9.17, 15) is 9.59 Å². The van der Waals surface area contributed by atoms with Gasteiger partial charge in [-0.1, -0.05) is 24.3 Å². The van der Waals surface area contributed by atoms with Crippen LogP contribution in [-0.2, 0) is 4.79 Å². The van der Waals surface area contributed by atoms with Gasteiger partial charge in [-0.2, -0.15) is 0 Å². The highest BCUT2D eigenvalue weighted by Gasteiger charge is 2.05. The molecule has 0 bridgehead atoms. The minimum absolute atomic E-state index is 0.176. The smallest absolute Gasteiger partial charge is 0.328 e. The lowest BCUT2D eigenvalue weighted by Crippen LogP contribution is -2.31. The molecule has 0 saturated carbocycles. The fourth-order valence-electron chi connectivity index (χ4n) is 1.36. The first kappa shape index (κ1) is 12.8. The van der Waals surface area contributed by atoms with Crippen LogP contribution in [0, 0.1) is 0 Å². The summed E-state index contributed by atoms with van der Waals surface area (Å²) in [5, 5.41) is 11.0. The number of primary amides is 1. The zero-order valence-electron chi connectivity index (χ0n) is 9.38. The van der Waals surface area contributed by atoms with Crippen molar-refractivity contribution in [3.63, 3.8) is 0 Å². The van der Waals surface area contributed by atoms with Crippen molar-refractivity contribution in [1.29, 1.82) is 0 Å². The van der Waals surface area contributed by atoms with E-state index in [0.717, 1.165) is 17.2 Å². The maximum atomic E-state index is 10.7. The number of benzene rings is 1. The van der Waals surface area contributed by atoms with Crippen LogP contribution in [0.4, 0.5) is 4.79 Å². The van der Waals surface area contributed by atoms with Gasteiger partial charge in [0.1, 0.15) is 0 Å². The summed E-state index contributed by atoms with van der Waals surface area (Å²) >= 11 is 0. The Morgan fingerprint density at radius 1 is 1.35 bits per heavy atom. The van der Waals surface area contributed by atoms with E-state index in [1.54, 1.807) is 12.1 Å². The Balaban J connectivity index is 2.74. The summed E-state index contributed by atoms with van der Waals surface area (Å²) in [4.78, 5) is 21.0. The van der Waals surface area contributed by atoms with Crippen molar-refractivity contribution in [3.8, 4) is 0 Å². The summed E-state index contributed by atoms with van der Waals surface area (Å²) < 4.78 is 0. The third-order valence-corrected chi connectivity index (χ3v) is 2.21. The van der Waals surface area contributed by atoms with Gasteiger partial charge in [0.25, 0.3) is 0 Å². The Labute approximate surface area is 98.9 Å². The first-order valence-corrected chi connectivity index (χ1v) is 5.06. The average molecular weight is 234 g/mol. The molecule has 90 valence electrons. The van der Waals surface area contributed by atoms with Gasteiger partial charge < -0.3 is 16.2 Å². The van der Waals surface area contributed by atoms with Crippen LogP contribution in [0.2, 0.25) is 0 Å². The van der Waals surface area contributed by atoms with E-state index in [1.807, 2.05) is 19.1 Å². The first-order valence-electron chi connectivity index (χ1n) is 5.06. The zero-order chi connectivity index (χ0) is 12.8. The van der Waals surface area contributed by atoms with Crippen molar-refractivity contribution in [1.82, 2.24) is 5.32 Å². The molecule has 0 aliphatic carbocycles. The second-order valence-corrected chi connectivity index (χ2v) is 3.57. The third kappa shape index (κ3) is 4.38. The minimum Gasteiger partial charge on any atom is -0.478 e. The van der Waals surface area contributed by atoms with Crippen molar-refractivity contribution in [2.24, 2.45) is 5.73 Å². The summed E-state index contributed by atoms with van der Waals surface area (Å²) in [6.07, 6.45) is 2.57. The molecule has 2 amide bonds. The highest BCUT2D eigenvalue weighted by atomic mass is 16.4. The number of nitrogens with two attached hydrogens (primary N) is 1. The molecule has 5 nitrogen and oxygen atoms in total. The van der Waals surface area contributed by atoms with Gasteiger partial charge >= 0.3 is 12.0 Å². The van der Waals surface area contributed by atoms with Gasteiger partial charge in [0.05, 0.1) is 6.04 Å². The molecule has 4 N–H and O–H groups in total. The lowest BCUT2D eigenvalue weighted by Gasteiger charge is -2.12. The maximum Gasteiger partial charge on any atom is 0.328 e. The van der Waals surface area contributed by atoms with Crippen molar-refractivity contribution < 1.29 is 14.7 Å². The number of amides is 2. The predicted molar refractivity (Wildman–Crippen MR) is 64.2 cm³/mol. The third-order valence-electron chi connectivity index (χ3n) is 2.21. The molecule has 1 aromatic rings. The van der Waals surface area contributed by atoms with Gasteiger partial charge in [-0.25, -0.2) is 9.59 Å². The van der Waals surface area contributed by atoms with Crippen LogP contribution in [0.25, 0.3) is 6.08 Å². The van der Waals surface area contributed by atoms with E-state index in [2.05, 4.69) is 5.32 Å². The van der Waals surface area contributed by atoms with Crippen LogP contribution in [0.5, 0.6) is 0 Å². The average Bonchev–Trinajstić information content (AvgIpc) is 2.26. The normalized spacial score (nSPS) is 12.3. The lowest BCUT2D eigenvalue weighted by atomic mass is 10.1. The van der Waals surface area contributed by atoms with E-state index in [0.29, 0.717) is 0 Å². The van der Waals surface area contributed by atoms with Gasteiger partial charge in [0, 0.05) is 6.08 Å². The summed E-state index contributed by atoms with van der Waals surface area (Å²) in [5.41, 5.74) is 6.69. The molecule has 1 aromatic carbocycles. The van der Waals surface area contributed by atoms with Crippen molar-refractivity contribution in [2.45, 2.75) is 13.0 Å². The van der Waals surface area contributed by atoms with Crippen LogP contribution in [0.1, 0.15) is 24.1 Å². The summed E-state index contributed by atoms with van der Waals surface area (Å²) in [6, 6.07) is 6.41. The highest BCUT2D eigenvalue weighted by molar-refractivity contribution is 5.85. The number of carbonyl (C=O) groups excluding carboxylic acids is 1. The molecule has 0 aliphatic heterocycles. The van der Waals surface area contributed by atoms with Gasteiger partial charge in [-0.15, -0.1) is 0 Å². The Morgan fingerprint density at radius 2 is 1.94 bits per heavy atom. The predicted octanol–water partition coefficient (Wildman–Crippen LogP) is 1.51. The van der Waals surface area contributed by atoms with Crippen LogP contribution < -0.4 is 11.1 Å². The van der Waals surface area contributed by atoms with Crippen LogP contribution in [0.3, 0.4) is 0 Å². The SMILES string of the molecule is CC(NC(N)=O)c1ccc(/C=C/C(=O)O)cc1. The summed E-state index contributed by atoms with van der Waals surface area (Å²) in [7, 11) is 0. The molecular formula is C12H14N2O3. The van der Waals surface area contributed by atoms with Gasteiger partial charge in [-0.05, 0) is 24.1 Å². The van der Waals surface area contributed by atoms with Crippen molar-refractivity contribution in [3.05, 3.63) is 41.5 Å². The molecule has 0 saturated heterocycles. The fourth-order valence-corrected chi connectivity index (χ4v) is 1.36. The van der Waals surface area contributed by atoms with Crippen molar-refractivity contribution in [2.75, 3.05) is 0 Å². The Hall–Kier alpha value is -2.30. The molecule has 1 rings (SSSR count). The number of carboxylic acid groups (broad SMARTS) is 1. The van der Waals surface area contributed by atoms with E-state index >= 15 is 0 Å². The number of hydrogen-bond acceptors (Lipinski definition) is 2. The minimum atomic E-state index is -0.988. The molecular weight excluding hydrogens is 220 g/mol. The van der Waals surface area contributed by atoms with Crippen LogP contribution >= 0.6 is 0 Å².